The van der Waals surface area contributed by atoms with Crippen molar-refractivity contribution in [2.24, 2.45) is 0 Å². The van der Waals surface area contributed by atoms with Crippen LogP contribution < -0.4 is 5.32 Å². The predicted molar refractivity (Wildman–Crippen MR) is 103 cm³/mol. The smallest absolute Gasteiger partial charge is 0.274 e. The van der Waals surface area contributed by atoms with Crippen LogP contribution in [0.4, 0.5) is 5.69 Å². The van der Waals surface area contributed by atoms with Crippen LogP contribution in [0.5, 0.6) is 0 Å². The second-order valence-corrected chi connectivity index (χ2v) is 5.87. The number of benzene rings is 1. The van der Waals surface area contributed by atoms with E-state index in [4.69, 9.17) is 2.74 Å². The average molecular weight is 374 g/mol. The number of hydrogen-bond acceptors (Lipinski definition) is 5. The highest BCUT2D eigenvalue weighted by atomic mass is 16.2. The van der Waals surface area contributed by atoms with Crippen LogP contribution in [0.25, 0.3) is 17.1 Å². The number of carbonyl (C=O) groups is 2. The van der Waals surface area contributed by atoms with Crippen LogP contribution in [-0.4, -0.2) is 36.7 Å². The first-order valence-corrected chi connectivity index (χ1v) is 8.35. The van der Waals surface area contributed by atoms with Crippen molar-refractivity contribution >= 4 is 17.4 Å². The molecule has 0 unspecified atom stereocenters. The van der Waals surface area contributed by atoms with E-state index >= 15 is 0 Å². The van der Waals surface area contributed by atoms with Crippen molar-refractivity contribution in [1.82, 2.24) is 25.0 Å². The minimum Gasteiger partial charge on any atom is -0.317 e. The molecular formula is C20H16N6O2. The lowest BCUT2D eigenvalue weighted by atomic mass is 10.2. The summed E-state index contributed by atoms with van der Waals surface area (Å²) in [6.45, 7) is -1.76. The Morgan fingerprint density at radius 3 is 2.71 bits per heavy atom. The van der Waals surface area contributed by atoms with Crippen molar-refractivity contribution < 1.29 is 12.3 Å². The van der Waals surface area contributed by atoms with Gasteiger partial charge in [-0.05, 0) is 30.3 Å². The van der Waals surface area contributed by atoms with E-state index in [-0.39, 0.29) is 17.1 Å². The fourth-order valence-electron chi connectivity index (χ4n) is 2.66. The largest absolute Gasteiger partial charge is 0.317 e. The molecule has 0 bridgehead atoms. The number of nitrogens with one attached hydrogen (secondary N) is 2. The Bertz CT molecular complexity index is 1190. The molecular weight excluding hydrogens is 356 g/mol. The Labute approximate surface area is 163 Å². The highest BCUT2D eigenvalue weighted by Gasteiger charge is 2.18. The van der Waals surface area contributed by atoms with E-state index in [9.17, 15) is 9.59 Å². The van der Waals surface area contributed by atoms with Gasteiger partial charge < -0.3 is 5.32 Å². The van der Waals surface area contributed by atoms with Gasteiger partial charge in [0.05, 0.1) is 29.0 Å². The number of aromatic nitrogens is 5. The third kappa shape index (κ3) is 3.43. The number of rotatable bonds is 5. The van der Waals surface area contributed by atoms with Crippen LogP contribution in [0.3, 0.4) is 0 Å². The first-order chi connectivity index (χ1) is 14.5. The number of pyridine rings is 1. The molecule has 1 amide bonds. The number of carbonyl (C=O) groups excluding carboxylic acids is 2. The number of ketones is 1. The normalized spacial score (nSPS) is 11.8. The van der Waals surface area contributed by atoms with Gasteiger partial charge in [0.25, 0.3) is 5.91 Å². The maximum Gasteiger partial charge on any atom is 0.274 e. The summed E-state index contributed by atoms with van der Waals surface area (Å²) in [4.78, 5) is 29.4. The van der Waals surface area contributed by atoms with Crippen LogP contribution in [0.2, 0.25) is 0 Å². The van der Waals surface area contributed by atoms with Gasteiger partial charge in [-0.25, -0.2) is 9.67 Å². The monoisotopic (exact) mass is 374 g/mol. The molecule has 3 heterocycles. The van der Waals surface area contributed by atoms with E-state index < -0.39 is 18.6 Å². The first kappa shape index (κ1) is 15.0. The van der Waals surface area contributed by atoms with Crippen LogP contribution >= 0.6 is 0 Å². The van der Waals surface area contributed by atoms with E-state index in [0.29, 0.717) is 17.1 Å². The number of aromatic amines is 1. The van der Waals surface area contributed by atoms with Gasteiger partial charge in [-0.1, -0.05) is 24.3 Å². The van der Waals surface area contributed by atoms with Crippen molar-refractivity contribution in [2.75, 3.05) is 5.32 Å². The van der Waals surface area contributed by atoms with Gasteiger partial charge in [0.15, 0.2) is 11.5 Å². The van der Waals surface area contributed by atoms with Crippen molar-refractivity contribution in [2.45, 2.75) is 6.88 Å². The third-order valence-electron chi connectivity index (χ3n) is 3.97. The molecule has 0 aliphatic heterocycles. The van der Waals surface area contributed by atoms with E-state index in [1.807, 2.05) is 6.07 Å². The zero-order chi connectivity index (χ0) is 21.1. The molecule has 0 aliphatic carbocycles. The Morgan fingerprint density at radius 2 is 1.96 bits per heavy atom. The first-order valence-electron chi connectivity index (χ1n) is 9.50. The van der Waals surface area contributed by atoms with Gasteiger partial charge in [-0.3, -0.25) is 14.7 Å². The molecule has 4 aromatic rings. The van der Waals surface area contributed by atoms with Gasteiger partial charge in [-0.15, -0.1) is 0 Å². The molecule has 2 N–H and O–H groups in total. The molecule has 138 valence electrons. The maximum absolute atomic E-state index is 12.8. The Kier molecular flexibility index (Phi) is 3.91. The molecule has 0 saturated carbocycles. The van der Waals surface area contributed by atoms with Gasteiger partial charge >= 0.3 is 0 Å². The number of H-pyrrole nitrogens is 1. The lowest BCUT2D eigenvalue weighted by Crippen LogP contribution is -2.15. The summed E-state index contributed by atoms with van der Waals surface area (Å²) in [5, 5.41) is 13.5. The molecule has 28 heavy (non-hydrogen) atoms. The maximum atomic E-state index is 12.8. The third-order valence-corrected chi connectivity index (χ3v) is 3.97. The summed E-state index contributed by atoms with van der Waals surface area (Å²) < 4.78 is 16.3. The van der Waals surface area contributed by atoms with Gasteiger partial charge in [0.2, 0.25) is 0 Å². The molecule has 0 saturated heterocycles. The van der Waals surface area contributed by atoms with Crippen molar-refractivity contribution in [3.8, 4) is 17.1 Å². The van der Waals surface area contributed by atoms with E-state index in [1.165, 1.54) is 16.9 Å². The highest BCUT2D eigenvalue weighted by Crippen LogP contribution is 2.19. The number of anilines is 1. The predicted octanol–water partition coefficient (Wildman–Crippen LogP) is 3.11. The second kappa shape index (κ2) is 7.28. The Morgan fingerprint density at radius 1 is 1.11 bits per heavy atom. The summed E-state index contributed by atoms with van der Waals surface area (Å²) in [5.74, 6) is -1.37. The molecule has 3 aromatic heterocycles. The number of Topliss-reactive ketones (excluding diaryl/α,β-unsaturated/α-hetero) is 1. The Balaban J connectivity index is 1.66. The minimum absolute atomic E-state index is 0.104. The zero-order valence-electron chi connectivity index (χ0n) is 16.5. The minimum atomic E-state index is -1.76. The van der Waals surface area contributed by atoms with Crippen molar-refractivity contribution in [1.29, 1.82) is 0 Å². The SMILES string of the molecule is [2H]C([2H])C(=O)c1nn(-c2ccccc2)cc1NC(=O)c1cccc(-c2ccn[nH]2)n1. The van der Waals surface area contributed by atoms with Gasteiger partial charge in [-0.2, -0.15) is 10.2 Å². The number of para-hydroxylation sites is 1. The molecule has 0 spiro atoms. The fraction of sp³-hybridized carbons (Fsp3) is 0.0500. The number of nitrogens with zero attached hydrogens (tertiary/aromatic N) is 4. The molecule has 0 radical (unpaired) electrons. The van der Waals surface area contributed by atoms with Crippen LogP contribution in [0.1, 0.15) is 30.6 Å². The van der Waals surface area contributed by atoms with Crippen molar-refractivity contribution in [3.05, 3.63) is 78.4 Å². The number of amides is 1. The van der Waals surface area contributed by atoms with E-state index in [2.05, 4.69) is 25.6 Å². The molecule has 8 heteroatoms. The summed E-state index contributed by atoms with van der Waals surface area (Å²) in [6, 6.07) is 15.7. The second-order valence-electron chi connectivity index (χ2n) is 5.87. The zero-order valence-corrected chi connectivity index (χ0v) is 14.5. The van der Waals surface area contributed by atoms with Gasteiger partial charge in [0.1, 0.15) is 5.69 Å². The molecule has 0 atom stereocenters. The summed E-state index contributed by atoms with van der Waals surface area (Å²) in [7, 11) is 0. The van der Waals surface area contributed by atoms with Crippen molar-refractivity contribution in [3.63, 3.8) is 0 Å². The topological polar surface area (TPSA) is 106 Å². The molecule has 1 aromatic carbocycles. The quantitative estimate of drug-likeness (QED) is 0.522. The van der Waals surface area contributed by atoms with Gasteiger partial charge in [0, 0.05) is 15.8 Å². The highest BCUT2D eigenvalue weighted by molar-refractivity contribution is 6.07. The van der Waals surface area contributed by atoms with Crippen LogP contribution in [0.15, 0.2) is 67.0 Å². The van der Waals surface area contributed by atoms with Crippen LogP contribution in [-0.2, 0) is 0 Å². The molecule has 0 aliphatic rings. The molecule has 4 rings (SSSR count). The standard InChI is InChI=1S/C20H16N6O2/c1-13(27)19-18(12-26(25-19)14-6-3-2-4-7-14)23-20(28)17-9-5-8-15(22-17)16-10-11-21-24-16/h2-12H,1H3,(H,21,24)(H,23,28)/i1D2. The summed E-state index contributed by atoms with van der Waals surface area (Å²) in [6.07, 6.45) is 3.05. The summed E-state index contributed by atoms with van der Waals surface area (Å²) >= 11 is 0. The average Bonchev–Trinajstić information content (AvgIpc) is 3.44. The molecule has 0 fully saturated rings. The molecule has 8 nitrogen and oxygen atoms in total. The summed E-state index contributed by atoms with van der Waals surface area (Å²) in [5.41, 5.74) is 1.93. The Hall–Kier alpha value is -4.07. The van der Waals surface area contributed by atoms with Crippen LogP contribution in [0, 0.1) is 0 Å². The fourth-order valence-corrected chi connectivity index (χ4v) is 2.66. The number of hydrogen-bond donors (Lipinski definition) is 2. The lowest BCUT2D eigenvalue weighted by Gasteiger charge is -2.05. The van der Waals surface area contributed by atoms with E-state index in [1.54, 1.807) is 48.7 Å². The lowest BCUT2D eigenvalue weighted by molar-refractivity contribution is 0.101. The van der Waals surface area contributed by atoms with E-state index in [0.717, 1.165) is 0 Å².